The molecule has 0 amide bonds. The van der Waals surface area contributed by atoms with E-state index < -0.39 is 10.2 Å². The fourth-order valence-electron chi connectivity index (χ4n) is 2.08. The molecule has 6 heteroatoms. The zero-order valence-electron chi connectivity index (χ0n) is 13.2. The minimum atomic E-state index is -3.47. The number of nitrogens with one attached hydrogen (secondary N) is 2. The van der Waals surface area contributed by atoms with Gasteiger partial charge in [0.15, 0.2) is 0 Å². The van der Waals surface area contributed by atoms with Crippen molar-refractivity contribution >= 4 is 27.3 Å². The highest BCUT2D eigenvalue weighted by molar-refractivity contribution is 7.90. The van der Waals surface area contributed by atoms with Crippen LogP contribution in [0.3, 0.4) is 0 Å². The molecule has 0 fully saturated rings. The third-order valence-corrected chi connectivity index (χ3v) is 4.58. The van der Waals surface area contributed by atoms with Crippen molar-refractivity contribution in [3.63, 3.8) is 0 Å². The Kier molecular flexibility index (Phi) is 4.73. The van der Waals surface area contributed by atoms with Gasteiger partial charge < -0.3 is 5.32 Å². The molecule has 0 aromatic heterocycles. The van der Waals surface area contributed by atoms with Crippen LogP contribution >= 0.6 is 0 Å². The highest BCUT2D eigenvalue weighted by Crippen LogP contribution is 2.21. The highest BCUT2D eigenvalue weighted by atomic mass is 32.2. The van der Waals surface area contributed by atoms with Crippen molar-refractivity contribution in [3.8, 4) is 0 Å². The van der Waals surface area contributed by atoms with E-state index in [1.165, 1.54) is 25.2 Å². The van der Waals surface area contributed by atoms with Crippen LogP contribution in [0.1, 0.15) is 11.1 Å². The SMILES string of the molecule is Cc1cc(C)cc(Nc2ccc(NS(=O)(=O)N(C)C)cc2)c1. The molecule has 2 aromatic rings. The monoisotopic (exact) mass is 319 g/mol. The summed E-state index contributed by atoms with van der Waals surface area (Å²) in [5.41, 5.74) is 4.83. The number of hydrogen-bond acceptors (Lipinski definition) is 3. The van der Waals surface area contributed by atoms with Crippen molar-refractivity contribution in [3.05, 3.63) is 53.6 Å². The molecule has 0 unspecified atom stereocenters. The number of hydrogen-bond donors (Lipinski definition) is 2. The Labute approximate surface area is 132 Å². The Hall–Kier alpha value is -2.05. The lowest BCUT2D eigenvalue weighted by Gasteiger charge is -2.14. The van der Waals surface area contributed by atoms with E-state index in [4.69, 9.17) is 0 Å². The van der Waals surface area contributed by atoms with Gasteiger partial charge in [-0.3, -0.25) is 4.72 Å². The van der Waals surface area contributed by atoms with Crippen LogP contribution in [-0.2, 0) is 10.2 Å². The summed E-state index contributed by atoms with van der Waals surface area (Å²) in [5, 5.41) is 3.31. The molecule has 5 nitrogen and oxygen atoms in total. The van der Waals surface area contributed by atoms with E-state index in [9.17, 15) is 8.42 Å². The molecule has 0 bridgehead atoms. The molecule has 22 heavy (non-hydrogen) atoms. The van der Waals surface area contributed by atoms with Crippen LogP contribution in [0, 0.1) is 13.8 Å². The van der Waals surface area contributed by atoms with Gasteiger partial charge in [0.25, 0.3) is 0 Å². The van der Waals surface area contributed by atoms with Crippen LogP contribution in [-0.4, -0.2) is 26.8 Å². The van der Waals surface area contributed by atoms with Crippen LogP contribution in [0.25, 0.3) is 0 Å². The number of anilines is 3. The van der Waals surface area contributed by atoms with Gasteiger partial charge in [-0.1, -0.05) is 6.07 Å². The van der Waals surface area contributed by atoms with Crippen molar-refractivity contribution in [1.82, 2.24) is 4.31 Å². The van der Waals surface area contributed by atoms with Gasteiger partial charge in [0.1, 0.15) is 0 Å². The maximum absolute atomic E-state index is 11.7. The number of rotatable bonds is 5. The fraction of sp³-hybridized carbons (Fsp3) is 0.250. The third kappa shape index (κ3) is 4.22. The van der Waals surface area contributed by atoms with Gasteiger partial charge in [-0.15, -0.1) is 0 Å². The Bertz CT molecular complexity index is 733. The van der Waals surface area contributed by atoms with Crippen LogP contribution in [0.15, 0.2) is 42.5 Å². The van der Waals surface area contributed by atoms with Crippen LogP contribution in [0.2, 0.25) is 0 Å². The van der Waals surface area contributed by atoms with Gasteiger partial charge in [0, 0.05) is 31.2 Å². The topological polar surface area (TPSA) is 61.4 Å². The molecule has 0 saturated heterocycles. The number of benzene rings is 2. The zero-order valence-corrected chi connectivity index (χ0v) is 14.0. The largest absolute Gasteiger partial charge is 0.356 e. The Morgan fingerprint density at radius 3 is 1.82 bits per heavy atom. The summed E-state index contributed by atoms with van der Waals surface area (Å²) in [6.07, 6.45) is 0. The van der Waals surface area contributed by atoms with E-state index >= 15 is 0 Å². The molecule has 0 aliphatic carbocycles. The van der Waals surface area contributed by atoms with E-state index in [2.05, 4.69) is 42.1 Å². The van der Waals surface area contributed by atoms with Gasteiger partial charge in [-0.2, -0.15) is 12.7 Å². The van der Waals surface area contributed by atoms with Crippen molar-refractivity contribution in [2.24, 2.45) is 0 Å². The molecule has 2 N–H and O–H groups in total. The molecule has 2 aromatic carbocycles. The van der Waals surface area contributed by atoms with E-state index in [-0.39, 0.29) is 0 Å². The molecule has 0 spiro atoms. The summed E-state index contributed by atoms with van der Waals surface area (Å²) < 4.78 is 27.1. The average Bonchev–Trinajstić information content (AvgIpc) is 2.39. The second-order valence-electron chi connectivity index (χ2n) is 5.47. The van der Waals surface area contributed by atoms with Crippen LogP contribution in [0.5, 0.6) is 0 Å². The lowest BCUT2D eigenvalue weighted by atomic mass is 10.1. The van der Waals surface area contributed by atoms with E-state index in [0.29, 0.717) is 5.69 Å². The molecular formula is C16H21N3O2S. The van der Waals surface area contributed by atoms with E-state index in [0.717, 1.165) is 15.7 Å². The molecule has 118 valence electrons. The van der Waals surface area contributed by atoms with Gasteiger partial charge in [0.2, 0.25) is 0 Å². The van der Waals surface area contributed by atoms with Crippen molar-refractivity contribution in [2.75, 3.05) is 24.1 Å². The summed E-state index contributed by atoms with van der Waals surface area (Å²) in [4.78, 5) is 0. The van der Waals surface area contributed by atoms with E-state index in [1.54, 1.807) is 12.1 Å². The predicted octanol–water partition coefficient (Wildman–Crippen LogP) is 3.27. The van der Waals surface area contributed by atoms with Gasteiger partial charge >= 0.3 is 10.2 Å². The average molecular weight is 319 g/mol. The molecule has 0 atom stereocenters. The standard InChI is InChI=1S/C16H21N3O2S/c1-12-9-13(2)11-16(10-12)17-14-5-7-15(8-6-14)18-22(20,21)19(3)4/h5-11,17-18H,1-4H3. The molecule has 0 radical (unpaired) electrons. The molecule has 0 saturated carbocycles. The number of nitrogens with zero attached hydrogens (tertiary/aromatic N) is 1. The number of aryl methyl sites for hydroxylation is 2. The van der Waals surface area contributed by atoms with Crippen molar-refractivity contribution < 1.29 is 8.42 Å². The first-order valence-electron chi connectivity index (χ1n) is 6.92. The molecule has 0 aliphatic heterocycles. The normalized spacial score (nSPS) is 11.5. The van der Waals surface area contributed by atoms with Crippen LogP contribution < -0.4 is 10.0 Å². The van der Waals surface area contributed by atoms with Gasteiger partial charge in [-0.05, 0) is 61.4 Å². The van der Waals surface area contributed by atoms with Gasteiger partial charge in [-0.25, -0.2) is 0 Å². The quantitative estimate of drug-likeness (QED) is 0.889. The maximum atomic E-state index is 11.7. The van der Waals surface area contributed by atoms with E-state index in [1.807, 2.05) is 12.1 Å². The van der Waals surface area contributed by atoms with Crippen molar-refractivity contribution in [1.29, 1.82) is 0 Å². The molecule has 0 heterocycles. The maximum Gasteiger partial charge on any atom is 0.301 e. The Morgan fingerprint density at radius 2 is 1.32 bits per heavy atom. The third-order valence-electron chi connectivity index (χ3n) is 3.12. The molecule has 2 rings (SSSR count). The van der Waals surface area contributed by atoms with Gasteiger partial charge in [0.05, 0.1) is 0 Å². The summed E-state index contributed by atoms with van der Waals surface area (Å²) >= 11 is 0. The summed E-state index contributed by atoms with van der Waals surface area (Å²) in [7, 11) is -0.502. The molecular weight excluding hydrogens is 298 g/mol. The zero-order chi connectivity index (χ0) is 16.3. The summed E-state index contributed by atoms with van der Waals surface area (Å²) in [6, 6.07) is 13.4. The van der Waals surface area contributed by atoms with Crippen molar-refractivity contribution in [2.45, 2.75) is 13.8 Å². The highest BCUT2D eigenvalue weighted by Gasteiger charge is 2.12. The first-order valence-corrected chi connectivity index (χ1v) is 8.36. The fourth-order valence-corrected chi connectivity index (χ4v) is 2.69. The first kappa shape index (κ1) is 16.3. The Balaban J connectivity index is 2.12. The second kappa shape index (κ2) is 6.37. The summed E-state index contributed by atoms with van der Waals surface area (Å²) in [5.74, 6) is 0. The minimum Gasteiger partial charge on any atom is -0.356 e. The lowest BCUT2D eigenvalue weighted by Crippen LogP contribution is -2.28. The minimum absolute atomic E-state index is 0.527. The summed E-state index contributed by atoms with van der Waals surface area (Å²) in [6.45, 7) is 4.11. The predicted molar refractivity (Wildman–Crippen MR) is 91.9 cm³/mol. The Morgan fingerprint density at radius 1 is 0.818 bits per heavy atom. The second-order valence-corrected chi connectivity index (χ2v) is 7.35. The molecule has 0 aliphatic rings. The lowest BCUT2D eigenvalue weighted by molar-refractivity contribution is 0.527. The first-order chi connectivity index (χ1) is 10.3. The van der Waals surface area contributed by atoms with Crippen LogP contribution in [0.4, 0.5) is 17.1 Å². The smallest absolute Gasteiger partial charge is 0.301 e.